The largest absolute Gasteiger partial charge is 0.455 e. The molecule has 0 radical (unpaired) electrons. The molecule has 0 aliphatic rings. The second-order valence-electron chi connectivity index (χ2n) is 3.79. The first-order valence-electron chi connectivity index (χ1n) is 4.04. The van der Waals surface area contributed by atoms with E-state index in [1.165, 1.54) is 0 Å². The highest BCUT2D eigenvalue weighted by molar-refractivity contribution is 9.10. The van der Waals surface area contributed by atoms with E-state index in [1.807, 2.05) is 0 Å². The number of ether oxygens (including phenoxy) is 1. The van der Waals surface area contributed by atoms with Gasteiger partial charge in [0, 0.05) is 0 Å². The van der Waals surface area contributed by atoms with Gasteiger partial charge < -0.3 is 15.5 Å². The van der Waals surface area contributed by atoms with Gasteiger partial charge in [-0.25, -0.2) is 9.78 Å². The van der Waals surface area contributed by atoms with Crippen LogP contribution in [-0.2, 0) is 4.74 Å². The molecule has 0 aliphatic carbocycles. The molecule has 6 heteroatoms. The molecular formula is C8H12BrN3O2. The molecule has 0 aliphatic heterocycles. The predicted octanol–water partition coefficient (Wildman–Crippen LogP) is 1.71. The van der Waals surface area contributed by atoms with Gasteiger partial charge in [-0.1, -0.05) is 0 Å². The molecule has 1 heterocycles. The van der Waals surface area contributed by atoms with Crippen LogP contribution in [0.1, 0.15) is 31.3 Å². The van der Waals surface area contributed by atoms with Crippen molar-refractivity contribution in [3.8, 4) is 0 Å². The number of anilines is 1. The Balaban J connectivity index is 2.85. The maximum atomic E-state index is 11.5. The molecule has 1 aromatic rings. The van der Waals surface area contributed by atoms with E-state index in [4.69, 9.17) is 10.5 Å². The number of nitrogens with two attached hydrogens (primary N) is 1. The Hall–Kier alpha value is -1.04. The SMILES string of the molecule is CC(C)(C)OC(=O)c1nc(N)[nH]c1Br. The minimum atomic E-state index is -0.537. The molecule has 3 N–H and O–H groups in total. The van der Waals surface area contributed by atoms with E-state index in [0.29, 0.717) is 4.60 Å². The Bertz CT molecular complexity index is 354. The Morgan fingerprint density at radius 3 is 2.50 bits per heavy atom. The van der Waals surface area contributed by atoms with E-state index >= 15 is 0 Å². The fourth-order valence-corrected chi connectivity index (χ4v) is 1.28. The average Bonchev–Trinajstić information content (AvgIpc) is 2.26. The Labute approximate surface area is 90.2 Å². The number of H-pyrrole nitrogens is 1. The first-order chi connectivity index (χ1) is 6.29. The summed E-state index contributed by atoms with van der Waals surface area (Å²) >= 11 is 3.13. The zero-order valence-electron chi connectivity index (χ0n) is 8.22. The van der Waals surface area contributed by atoms with E-state index in [0.717, 1.165) is 0 Å². The van der Waals surface area contributed by atoms with Crippen LogP contribution in [0.5, 0.6) is 0 Å². The van der Waals surface area contributed by atoms with Gasteiger partial charge in [-0.2, -0.15) is 0 Å². The summed E-state index contributed by atoms with van der Waals surface area (Å²) in [7, 11) is 0. The molecular weight excluding hydrogens is 250 g/mol. The van der Waals surface area contributed by atoms with Crippen LogP contribution < -0.4 is 5.73 Å². The first kappa shape index (κ1) is 11.0. The number of nitrogens with zero attached hydrogens (tertiary/aromatic N) is 1. The summed E-state index contributed by atoms with van der Waals surface area (Å²) in [6.07, 6.45) is 0. The second kappa shape index (κ2) is 3.61. The Kier molecular flexibility index (Phi) is 2.84. The van der Waals surface area contributed by atoms with Crippen LogP contribution in [0.4, 0.5) is 5.95 Å². The predicted molar refractivity (Wildman–Crippen MR) is 55.9 cm³/mol. The van der Waals surface area contributed by atoms with Crippen molar-refractivity contribution in [2.75, 3.05) is 5.73 Å². The van der Waals surface area contributed by atoms with Gasteiger partial charge >= 0.3 is 5.97 Å². The molecule has 1 aromatic heterocycles. The quantitative estimate of drug-likeness (QED) is 0.755. The molecule has 0 aromatic carbocycles. The monoisotopic (exact) mass is 261 g/mol. The molecule has 5 nitrogen and oxygen atoms in total. The minimum Gasteiger partial charge on any atom is -0.455 e. The van der Waals surface area contributed by atoms with Crippen molar-refractivity contribution >= 4 is 27.8 Å². The van der Waals surface area contributed by atoms with Crippen LogP contribution in [0.15, 0.2) is 4.60 Å². The molecule has 0 fully saturated rings. The van der Waals surface area contributed by atoms with Crippen molar-refractivity contribution in [2.24, 2.45) is 0 Å². The fourth-order valence-electron chi connectivity index (χ4n) is 0.831. The van der Waals surface area contributed by atoms with E-state index in [9.17, 15) is 4.79 Å². The number of hydrogen-bond acceptors (Lipinski definition) is 4. The molecule has 0 spiro atoms. The molecule has 0 unspecified atom stereocenters. The van der Waals surface area contributed by atoms with Crippen molar-refractivity contribution in [1.29, 1.82) is 0 Å². The highest BCUT2D eigenvalue weighted by Gasteiger charge is 2.22. The van der Waals surface area contributed by atoms with Crippen LogP contribution in [0.3, 0.4) is 0 Å². The molecule has 0 amide bonds. The maximum absolute atomic E-state index is 11.5. The lowest BCUT2D eigenvalue weighted by Gasteiger charge is -2.18. The van der Waals surface area contributed by atoms with Crippen LogP contribution >= 0.6 is 15.9 Å². The Morgan fingerprint density at radius 1 is 1.57 bits per heavy atom. The topological polar surface area (TPSA) is 81.0 Å². The van der Waals surface area contributed by atoms with Gasteiger partial charge in [0.05, 0.1) is 0 Å². The number of carbonyl (C=O) groups excluding carboxylic acids is 1. The first-order valence-corrected chi connectivity index (χ1v) is 4.83. The number of imidazole rings is 1. The van der Waals surface area contributed by atoms with E-state index in [2.05, 4.69) is 25.9 Å². The number of aromatic nitrogens is 2. The van der Waals surface area contributed by atoms with Gasteiger partial charge in [-0.15, -0.1) is 0 Å². The number of carbonyl (C=O) groups is 1. The van der Waals surface area contributed by atoms with Crippen molar-refractivity contribution < 1.29 is 9.53 Å². The molecule has 0 atom stereocenters. The molecule has 0 saturated heterocycles. The zero-order valence-corrected chi connectivity index (χ0v) is 9.81. The summed E-state index contributed by atoms with van der Waals surface area (Å²) < 4.78 is 5.55. The number of esters is 1. The molecule has 14 heavy (non-hydrogen) atoms. The lowest BCUT2D eigenvalue weighted by atomic mass is 10.2. The summed E-state index contributed by atoms with van der Waals surface area (Å²) in [5.41, 5.74) is 5.00. The summed E-state index contributed by atoms with van der Waals surface area (Å²) in [5, 5.41) is 0. The number of nitrogens with one attached hydrogen (secondary N) is 1. The highest BCUT2D eigenvalue weighted by Crippen LogP contribution is 2.18. The van der Waals surface area contributed by atoms with Crippen molar-refractivity contribution in [2.45, 2.75) is 26.4 Å². The molecule has 1 rings (SSSR count). The summed E-state index contributed by atoms with van der Waals surface area (Å²) in [4.78, 5) is 18.0. The van der Waals surface area contributed by atoms with Gasteiger partial charge in [-0.05, 0) is 36.7 Å². The second-order valence-corrected chi connectivity index (χ2v) is 4.58. The van der Waals surface area contributed by atoms with Gasteiger partial charge in [0.25, 0.3) is 0 Å². The lowest BCUT2D eigenvalue weighted by molar-refractivity contribution is 0.00624. The normalized spacial score (nSPS) is 11.4. The highest BCUT2D eigenvalue weighted by atomic mass is 79.9. The average molecular weight is 262 g/mol. The van der Waals surface area contributed by atoms with Gasteiger partial charge in [-0.3, -0.25) is 0 Å². The number of aromatic amines is 1. The Morgan fingerprint density at radius 2 is 2.14 bits per heavy atom. The number of nitrogen functional groups attached to an aromatic ring is 1. The van der Waals surface area contributed by atoms with E-state index in [1.54, 1.807) is 20.8 Å². The molecule has 0 saturated carbocycles. The van der Waals surface area contributed by atoms with Crippen LogP contribution in [0.2, 0.25) is 0 Å². The van der Waals surface area contributed by atoms with E-state index in [-0.39, 0.29) is 11.6 Å². The van der Waals surface area contributed by atoms with Gasteiger partial charge in [0.15, 0.2) is 11.6 Å². The summed E-state index contributed by atoms with van der Waals surface area (Å²) in [6, 6.07) is 0. The van der Waals surface area contributed by atoms with Gasteiger partial charge in [0.1, 0.15) is 10.2 Å². The smallest absolute Gasteiger partial charge is 0.360 e. The lowest BCUT2D eigenvalue weighted by Crippen LogP contribution is -2.24. The summed E-state index contributed by atoms with van der Waals surface area (Å²) in [6.45, 7) is 5.36. The van der Waals surface area contributed by atoms with E-state index < -0.39 is 11.6 Å². The third-order valence-corrected chi connectivity index (χ3v) is 1.84. The van der Waals surface area contributed by atoms with Crippen LogP contribution in [0.25, 0.3) is 0 Å². The summed E-state index contributed by atoms with van der Waals surface area (Å²) in [5.74, 6) is -0.324. The van der Waals surface area contributed by atoms with Crippen LogP contribution in [-0.4, -0.2) is 21.5 Å². The fraction of sp³-hybridized carbons (Fsp3) is 0.500. The number of hydrogen-bond donors (Lipinski definition) is 2. The van der Waals surface area contributed by atoms with Gasteiger partial charge in [0.2, 0.25) is 0 Å². The third-order valence-electron chi connectivity index (χ3n) is 1.27. The van der Waals surface area contributed by atoms with Crippen LogP contribution in [0, 0.1) is 0 Å². The molecule has 78 valence electrons. The number of rotatable bonds is 1. The third kappa shape index (κ3) is 2.73. The molecule has 0 bridgehead atoms. The standard InChI is InChI=1S/C8H12BrN3O2/c1-8(2,3)14-6(13)4-5(9)12-7(10)11-4/h1-3H3,(H3,10,11,12). The van der Waals surface area contributed by atoms with Crippen molar-refractivity contribution in [1.82, 2.24) is 9.97 Å². The van der Waals surface area contributed by atoms with Crippen molar-refractivity contribution in [3.05, 3.63) is 10.3 Å². The van der Waals surface area contributed by atoms with Crippen molar-refractivity contribution in [3.63, 3.8) is 0 Å². The zero-order chi connectivity index (χ0) is 10.9. The minimum absolute atomic E-state index is 0.164. The maximum Gasteiger partial charge on any atom is 0.360 e. The number of halogens is 1.